The van der Waals surface area contributed by atoms with Crippen LogP contribution in [0.1, 0.15) is 84.5 Å². The third kappa shape index (κ3) is 12.9. The summed E-state index contributed by atoms with van der Waals surface area (Å²) in [4.78, 5) is 0. The Morgan fingerprint density at radius 3 is 1.84 bits per heavy atom. The molecule has 2 atom stereocenters. The summed E-state index contributed by atoms with van der Waals surface area (Å²) in [5, 5.41) is 0.281. The van der Waals surface area contributed by atoms with Crippen LogP contribution < -0.4 is 5.73 Å². The number of hydrogen-bond acceptors (Lipinski definition) is 2. The Morgan fingerprint density at radius 2 is 1.37 bits per heavy atom. The molecule has 0 saturated carbocycles. The fourth-order valence-electron chi connectivity index (χ4n) is 2.30. The maximum absolute atomic E-state index is 11.8. The van der Waals surface area contributed by atoms with E-state index >= 15 is 0 Å². The molecular weight excluding hydrogens is 254 g/mol. The lowest BCUT2D eigenvalue weighted by molar-refractivity contribution is 0.562. The summed E-state index contributed by atoms with van der Waals surface area (Å²) in [5.74, 6) is 0.873. The van der Waals surface area contributed by atoms with E-state index in [1.165, 1.54) is 57.8 Å². The van der Waals surface area contributed by atoms with E-state index in [0.29, 0.717) is 6.54 Å². The number of unbranched alkanes of at least 4 members (excludes halogenated alkanes) is 9. The summed E-state index contributed by atoms with van der Waals surface area (Å²) >= 11 is 0. The Hall–Kier alpha value is 0.110. The monoisotopic (exact) mass is 289 g/mol. The van der Waals surface area contributed by atoms with Crippen LogP contribution in [0.25, 0.3) is 0 Å². The second kappa shape index (κ2) is 14.5. The Balaban J connectivity index is 3.20. The lowest BCUT2D eigenvalue weighted by Gasteiger charge is -2.09. The smallest absolute Gasteiger partial charge is 0.0331 e. The molecule has 0 heterocycles. The van der Waals surface area contributed by atoms with Crippen LogP contribution in [0.4, 0.5) is 0 Å². The van der Waals surface area contributed by atoms with Gasteiger partial charge in [0.05, 0.1) is 0 Å². The third-order valence-electron chi connectivity index (χ3n) is 3.72. The van der Waals surface area contributed by atoms with Crippen LogP contribution in [0.2, 0.25) is 0 Å². The van der Waals surface area contributed by atoms with Crippen molar-refractivity contribution in [2.45, 2.75) is 89.7 Å². The van der Waals surface area contributed by atoms with Gasteiger partial charge in [-0.15, -0.1) is 0 Å². The highest BCUT2D eigenvalue weighted by molar-refractivity contribution is 7.85. The second-order valence-corrected chi connectivity index (χ2v) is 7.63. The van der Waals surface area contributed by atoms with Crippen LogP contribution in [0.15, 0.2) is 0 Å². The van der Waals surface area contributed by atoms with Crippen molar-refractivity contribution in [3.63, 3.8) is 0 Å². The molecule has 19 heavy (non-hydrogen) atoms. The Labute approximate surface area is 123 Å². The van der Waals surface area contributed by atoms with Crippen molar-refractivity contribution >= 4 is 10.8 Å². The third-order valence-corrected chi connectivity index (χ3v) is 5.55. The summed E-state index contributed by atoms with van der Waals surface area (Å²) in [7, 11) is -0.657. The molecule has 0 radical (unpaired) electrons. The molecule has 0 aromatic carbocycles. The van der Waals surface area contributed by atoms with Crippen molar-refractivity contribution in [3.05, 3.63) is 0 Å². The zero-order valence-electron chi connectivity index (χ0n) is 13.2. The van der Waals surface area contributed by atoms with Crippen LogP contribution in [0, 0.1) is 0 Å². The van der Waals surface area contributed by atoms with Crippen molar-refractivity contribution < 1.29 is 4.21 Å². The largest absolute Gasteiger partial charge is 0.330 e. The van der Waals surface area contributed by atoms with E-state index in [-0.39, 0.29) is 5.25 Å². The Bertz CT molecular complexity index is 209. The van der Waals surface area contributed by atoms with Crippen molar-refractivity contribution in [3.8, 4) is 0 Å². The predicted molar refractivity (Wildman–Crippen MR) is 88.0 cm³/mol. The molecule has 0 fully saturated rings. The van der Waals surface area contributed by atoms with E-state index in [0.717, 1.165) is 18.6 Å². The molecule has 0 saturated heterocycles. The first kappa shape index (κ1) is 19.1. The van der Waals surface area contributed by atoms with E-state index in [2.05, 4.69) is 13.8 Å². The van der Waals surface area contributed by atoms with Gasteiger partial charge in [0.25, 0.3) is 0 Å². The van der Waals surface area contributed by atoms with Gasteiger partial charge in [-0.05, 0) is 19.4 Å². The normalized spacial score (nSPS) is 14.5. The molecule has 0 spiro atoms. The molecule has 0 aliphatic heterocycles. The van der Waals surface area contributed by atoms with Gasteiger partial charge in [-0.3, -0.25) is 4.21 Å². The van der Waals surface area contributed by atoms with Crippen molar-refractivity contribution in [2.75, 3.05) is 12.3 Å². The predicted octanol–water partition coefficient (Wildman–Crippen LogP) is 4.39. The van der Waals surface area contributed by atoms with Crippen LogP contribution in [0.5, 0.6) is 0 Å². The first-order valence-electron chi connectivity index (χ1n) is 8.29. The lowest BCUT2D eigenvalue weighted by Crippen LogP contribution is -2.18. The fourth-order valence-corrected chi connectivity index (χ4v) is 3.59. The molecule has 0 aliphatic carbocycles. The first-order valence-corrected chi connectivity index (χ1v) is 9.67. The Morgan fingerprint density at radius 1 is 0.895 bits per heavy atom. The minimum atomic E-state index is -0.657. The highest BCUT2D eigenvalue weighted by atomic mass is 32.2. The number of rotatable bonds is 14. The molecule has 0 bridgehead atoms. The number of nitrogens with two attached hydrogens (primary N) is 1. The Kier molecular flexibility index (Phi) is 14.6. The maximum atomic E-state index is 11.8. The lowest BCUT2D eigenvalue weighted by atomic mass is 10.1. The van der Waals surface area contributed by atoms with E-state index in [9.17, 15) is 4.21 Å². The van der Waals surface area contributed by atoms with Crippen molar-refractivity contribution in [2.24, 2.45) is 5.73 Å². The molecule has 2 N–H and O–H groups in total. The van der Waals surface area contributed by atoms with Gasteiger partial charge >= 0.3 is 0 Å². The van der Waals surface area contributed by atoms with E-state index < -0.39 is 10.8 Å². The average molecular weight is 290 g/mol. The first-order chi connectivity index (χ1) is 9.22. The minimum absolute atomic E-state index is 0.281. The summed E-state index contributed by atoms with van der Waals surface area (Å²) in [5.41, 5.74) is 5.49. The average Bonchev–Trinajstić information content (AvgIpc) is 2.41. The molecule has 0 aliphatic rings. The van der Waals surface area contributed by atoms with Crippen LogP contribution >= 0.6 is 0 Å². The van der Waals surface area contributed by atoms with Gasteiger partial charge in [-0.2, -0.15) is 0 Å². The molecule has 2 unspecified atom stereocenters. The zero-order valence-corrected chi connectivity index (χ0v) is 14.0. The molecule has 116 valence electrons. The van der Waals surface area contributed by atoms with Gasteiger partial charge in [0, 0.05) is 21.8 Å². The highest BCUT2D eigenvalue weighted by Crippen LogP contribution is 2.11. The summed E-state index contributed by atoms with van der Waals surface area (Å²) in [6.07, 6.45) is 14.3. The molecule has 2 nitrogen and oxygen atoms in total. The summed E-state index contributed by atoms with van der Waals surface area (Å²) in [6.45, 7) is 4.97. The van der Waals surface area contributed by atoms with Gasteiger partial charge in [-0.25, -0.2) is 0 Å². The van der Waals surface area contributed by atoms with E-state index in [4.69, 9.17) is 5.73 Å². The van der Waals surface area contributed by atoms with Gasteiger partial charge < -0.3 is 5.73 Å². The van der Waals surface area contributed by atoms with Gasteiger partial charge in [-0.1, -0.05) is 71.6 Å². The van der Waals surface area contributed by atoms with Crippen LogP contribution in [-0.2, 0) is 10.8 Å². The molecule has 3 heteroatoms. The number of hydrogen-bond donors (Lipinski definition) is 1. The van der Waals surface area contributed by atoms with E-state index in [1.54, 1.807) is 0 Å². The quantitative estimate of drug-likeness (QED) is 0.482. The maximum Gasteiger partial charge on any atom is 0.0331 e. The molecule has 0 aromatic rings. The minimum Gasteiger partial charge on any atom is -0.330 e. The van der Waals surface area contributed by atoms with Crippen molar-refractivity contribution in [1.82, 2.24) is 0 Å². The zero-order chi connectivity index (χ0) is 14.3. The molecule has 0 aromatic heterocycles. The molecule has 0 rings (SSSR count). The van der Waals surface area contributed by atoms with Gasteiger partial charge in [0.15, 0.2) is 0 Å². The van der Waals surface area contributed by atoms with E-state index in [1.807, 2.05) is 0 Å². The van der Waals surface area contributed by atoms with Crippen LogP contribution in [0.3, 0.4) is 0 Å². The highest BCUT2D eigenvalue weighted by Gasteiger charge is 2.08. The van der Waals surface area contributed by atoms with Crippen molar-refractivity contribution in [1.29, 1.82) is 0 Å². The summed E-state index contributed by atoms with van der Waals surface area (Å²) < 4.78 is 11.8. The molecular formula is C16H35NOS. The summed E-state index contributed by atoms with van der Waals surface area (Å²) in [6, 6.07) is 0. The standard InChI is InChI=1S/C16H35NOS/c1-3-4-5-6-7-8-9-10-11-12-15-19(18)16(2)13-14-17/h16H,3-15,17H2,1-2H3. The van der Waals surface area contributed by atoms with Gasteiger partial charge in [0.2, 0.25) is 0 Å². The fraction of sp³-hybridized carbons (Fsp3) is 1.00. The molecule has 0 amide bonds. The van der Waals surface area contributed by atoms with Crippen LogP contribution in [-0.4, -0.2) is 21.8 Å². The van der Waals surface area contributed by atoms with Gasteiger partial charge in [0.1, 0.15) is 0 Å². The SMILES string of the molecule is CCCCCCCCCCCCS(=O)C(C)CCN. The topological polar surface area (TPSA) is 43.1 Å². The second-order valence-electron chi connectivity index (χ2n) is 5.65.